The number of thioether (sulfide) groups is 1. The number of aromatic nitrogens is 3. The number of carbonyl (C=O) groups excluding carboxylic acids is 1. The Morgan fingerprint density at radius 2 is 2.00 bits per heavy atom. The van der Waals surface area contributed by atoms with Crippen LogP contribution in [0, 0.1) is 0 Å². The first-order chi connectivity index (χ1) is 10.8. The molecule has 0 aliphatic rings. The number of rotatable bonds is 6. The third-order valence-electron chi connectivity index (χ3n) is 3.19. The maximum Gasteiger partial charge on any atom is 0.191 e. The van der Waals surface area contributed by atoms with E-state index < -0.39 is 0 Å². The molecule has 6 heteroatoms. The molecule has 22 heavy (non-hydrogen) atoms. The van der Waals surface area contributed by atoms with E-state index in [0.717, 1.165) is 28.0 Å². The Labute approximate surface area is 137 Å². The molecule has 0 bridgehead atoms. The van der Waals surface area contributed by atoms with E-state index in [4.69, 9.17) is 0 Å². The van der Waals surface area contributed by atoms with Crippen LogP contribution in [0.15, 0.2) is 53.0 Å². The molecule has 2 heterocycles. The zero-order chi connectivity index (χ0) is 15.4. The van der Waals surface area contributed by atoms with Crippen molar-refractivity contribution in [3.05, 3.63) is 52.7 Å². The van der Waals surface area contributed by atoms with Gasteiger partial charge in [-0.2, -0.15) is 0 Å². The monoisotopic (exact) mass is 329 g/mol. The van der Waals surface area contributed by atoms with Crippen molar-refractivity contribution in [3.63, 3.8) is 0 Å². The van der Waals surface area contributed by atoms with Gasteiger partial charge >= 0.3 is 0 Å². The minimum absolute atomic E-state index is 0.131. The number of carbonyl (C=O) groups is 1. The van der Waals surface area contributed by atoms with Crippen molar-refractivity contribution in [3.8, 4) is 11.4 Å². The van der Waals surface area contributed by atoms with Gasteiger partial charge in [0.1, 0.15) is 0 Å². The molecule has 0 radical (unpaired) electrons. The summed E-state index contributed by atoms with van der Waals surface area (Å²) >= 11 is 2.91. The molecule has 4 nitrogen and oxygen atoms in total. The lowest BCUT2D eigenvalue weighted by Gasteiger charge is -2.06. The van der Waals surface area contributed by atoms with Crippen molar-refractivity contribution in [1.82, 2.24) is 14.8 Å². The number of benzene rings is 1. The standard InChI is InChI=1S/C16H15N3OS2/c1-2-19-15(12-7-4-3-5-8-12)17-18-16(19)22-11-13(20)14-9-6-10-21-14/h3-10H,2,11H2,1H3. The zero-order valence-corrected chi connectivity index (χ0v) is 13.7. The number of nitrogens with zero attached hydrogens (tertiary/aromatic N) is 3. The van der Waals surface area contributed by atoms with Crippen LogP contribution in [0.3, 0.4) is 0 Å². The van der Waals surface area contributed by atoms with Gasteiger partial charge < -0.3 is 4.57 Å². The van der Waals surface area contributed by atoms with Crippen LogP contribution in [0.25, 0.3) is 11.4 Å². The quantitative estimate of drug-likeness (QED) is 0.506. The van der Waals surface area contributed by atoms with E-state index in [1.807, 2.05) is 52.4 Å². The van der Waals surface area contributed by atoms with Gasteiger partial charge in [-0.3, -0.25) is 4.79 Å². The van der Waals surface area contributed by atoms with Gasteiger partial charge in [-0.15, -0.1) is 21.5 Å². The first-order valence-electron chi connectivity index (χ1n) is 6.97. The summed E-state index contributed by atoms with van der Waals surface area (Å²) in [6.07, 6.45) is 0. The first-order valence-corrected chi connectivity index (χ1v) is 8.84. The molecule has 1 aromatic carbocycles. The summed E-state index contributed by atoms with van der Waals surface area (Å²) in [6, 6.07) is 13.7. The minimum Gasteiger partial charge on any atom is -0.302 e. The number of Topliss-reactive ketones (excluding diaryl/α,β-unsaturated/α-hetero) is 1. The van der Waals surface area contributed by atoms with Crippen molar-refractivity contribution < 1.29 is 4.79 Å². The second-order valence-electron chi connectivity index (χ2n) is 4.61. The van der Waals surface area contributed by atoms with Crippen LogP contribution in [0.1, 0.15) is 16.6 Å². The van der Waals surface area contributed by atoms with Crippen molar-refractivity contribution in [2.45, 2.75) is 18.6 Å². The number of thiophene rings is 1. The van der Waals surface area contributed by atoms with E-state index in [-0.39, 0.29) is 5.78 Å². The molecule has 0 amide bonds. The van der Waals surface area contributed by atoms with Crippen molar-refractivity contribution >= 4 is 28.9 Å². The van der Waals surface area contributed by atoms with Crippen LogP contribution < -0.4 is 0 Å². The molecule has 0 saturated carbocycles. The first kappa shape index (κ1) is 15.0. The Morgan fingerprint density at radius 1 is 1.18 bits per heavy atom. The largest absolute Gasteiger partial charge is 0.302 e. The van der Waals surface area contributed by atoms with Crippen LogP contribution in [-0.2, 0) is 6.54 Å². The van der Waals surface area contributed by atoms with Gasteiger partial charge in [-0.1, -0.05) is 48.2 Å². The Bertz CT molecular complexity index is 751. The van der Waals surface area contributed by atoms with Gasteiger partial charge in [-0.05, 0) is 18.4 Å². The fourth-order valence-corrected chi connectivity index (χ4v) is 3.76. The van der Waals surface area contributed by atoms with E-state index in [0.29, 0.717) is 5.75 Å². The summed E-state index contributed by atoms with van der Waals surface area (Å²) in [6.45, 7) is 2.83. The second-order valence-corrected chi connectivity index (χ2v) is 6.50. The molecular weight excluding hydrogens is 314 g/mol. The molecule has 0 atom stereocenters. The zero-order valence-electron chi connectivity index (χ0n) is 12.1. The van der Waals surface area contributed by atoms with Crippen LogP contribution in [-0.4, -0.2) is 26.3 Å². The van der Waals surface area contributed by atoms with Crippen molar-refractivity contribution in [2.75, 3.05) is 5.75 Å². The van der Waals surface area contributed by atoms with E-state index in [1.54, 1.807) is 0 Å². The highest BCUT2D eigenvalue weighted by Crippen LogP contribution is 2.24. The van der Waals surface area contributed by atoms with Crippen LogP contribution >= 0.6 is 23.1 Å². The highest BCUT2D eigenvalue weighted by molar-refractivity contribution is 7.99. The summed E-state index contributed by atoms with van der Waals surface area (Å²) in [4.78, 5) is 12.9. The topological polar surface area (TPSA) is 47.8 Å². The van der Waals surface area contributed by atoms with Gasteiger partial charge in [-0.25, -0.2) is 0 Å². The molecule has 2 aromatic heterocycles. The fourth-order valence-electron chi connectivity index (χ4n) is 2.12. The molecule has 0 aliphatic heterocycles. The number of hydrogen-bond donors (Lipinski definition) is 0. The molecule has 112 valence electrons. The van der Waals surface area contributed by atoms with Crippen molar-refractivity contribution in [1.29, 1.82) is 0 Å². The number of hydrogen-bond acceptors (Lipinski definition) is 5. The number of ketones is 1. The minimum atomic E-state index is 0.131. The summed E-state index contributed by atoms with van der Waals surface area (Å²) in [5.41, 5.74) is 1.04. The fraction of sp³-hybridized carbons (Fsp3) is 0.188. The summed E-state index contributed by atoms with van der Waals surface area (Å²) in [5, 5.41) is 11.2. The normalized spacial score (nSPS) is 10.8. The molecule has 0 saturated heterocycles. The van der Waals surface area contributed by atoms with E-state index in [2.05, 4.69) is 17.1 Å². The van der Waals surface area contributed by atoms with Crippen LogP contribution in [0.4, 0.5) is 0 Å². The van der Waals surface area contributed by atoms with Gasteiger partial charge in [0.05, 0.1) is 10.6 Å². The Balaban J connectivity index is 1.78. The lowest BCUT2D eigenvalue weighted by Crippen LogP contribution is -2.03. The van der Waals surface area contributed by atoms with E-state index in [9.17, 15) is 4.79 Å². The van der Waals surface area contributed by atoms with Gasteiger partial charge in [0.2, 0.25) is 0 Å². The summed E-state index contributed by atoms with van der Waals surface area (Å²) < 4.78 is 2.04. The Hall–Kier alpha value is -1.92. The predicted molar refractivity (Wildman–Crippen MR) is 90.5 cm³/mol. The average Bonchev–Trinajstić information content (AvgIpc) is 3.22. The smallest absolute Gasteiger partial charge is 0.191 e. The second kappa shape index (κ2) is 6.89. The summed E-state index contributed by atoms with van der Waals surface area (Å²) in [7, 11) is 0. The third kappa shape index (κ3) is 3.13. The SMILES string of the molecule is CCn1c(SCC(=O)c2cccs2)nnc1-c1ccccc1. The van der Waals surface area contributed by atoms with Crippen LogP contribution in [0.5, 0.6) is 0 Å². The molecule has 0 N–H and O–H groups in total. The molecule has 3 rings (SSSR count). The Kier molecular flexibility index (Phi) is 4.70. The molecular formula is C16H15N3OS2. The molecule has 0 spiro atoms. The molecule has 0 unspecified atom stereocenters. The highest BCUT2D eigenvalue weighted by Gasteiger charge is 2.15. The van der Waals surface area contributed by atoms with E-state index in [1.165, 1.54) is 23.1 Å². The maximum absolute atomic E-state index is 12.1. The Morgan fingerprint density at radius 3 is 2.68 bits per heavy atom. The molecule has 3 aromatic rings. The van der Waals surface area contributed by atoms with Gasteiger partial charge in [0.15, 0.2) is 16.8 Å². The molecule has 0 fully saturated rings. The maximum atomic E-state index is 12.1. The summed E-state index contributed by atoms with van der Waals surface area (Å²) in [5.74, 6) is 1.36. The lowest BCUT2D eigenvalue weighted by molar-refractivity contribution is 0.102. The van der Waals surface area contributed by atoms with E-state index >= 15 is 0 Å². The molecule has 0 aliphatic carbocycles. The van der Waals surface area contributed by atoms with Gasteiger partial charge in [0.25, 0.3) is 0 Å². The average molecular weight is 329 g/mol. The van der Waals surface area contributed by atoms with Crippen LogP contribution in [0.2, 0.25) is 0 Å². The predicted octanol–water partition coefficient (Wildman–Crippen LogP) is 4.00. The lowest BCUT2D eigenvalue weighted by atomic mass is 10.2. The third-order valence-corrected chi connectivity index (χ3v) is 5.07. The van der Waals surface area contributed by atoms with Gasteiger partial charge in [0, 0.05) is 12.1 Å². The van der Waals surface area contributed by atoms with Crippen molar-refractivity contribution in [2.24, 2.45) is 0 Å². The highest BCUT2D eigenvalue weighted by atomic mass is 32.2.